The van der Waals surface area contributed by atoms with Gasteiger partial charge in [0.15, 0.2) is 5.82 Å². The summed E-state index contributed by atoms with van der Waals surface area (Å²) in [5.74, 6) is 0.638. The number of hydrogen-bond donors (Lipinski definition) is 0. The zero-order chi connectivity index (χ0) is 14.8. The first-order valence-corrected chi connectivity index (χ1v) is 6.86. The molecule has 0 spiro atoms. The maximum Gasteiger partial charge on any atom is 0.151 e. The van der Waals surface area contributed by atoms with Crippen LogP contribution in [0.3, 0.4) is 0 Å². The summed E-state index contributed by atoms with van der Waals surface area (Å²) in [6.07, 6.45) is 1.77. The Balaban J connectivity index is 2.18. The summed E-state index contributed by atoms with van der Waals surface area (Å²) in [5, 5.41) is 10.1. The van der Waals surface area contributed by atoms with Crippen LogP contribution in [-0.2, 0) is 7.05 Å². The smallest absolute Gasteiger partial charge is 0.151 e. The van der Waals surface area contributed by atoms with Crippen molar-refractivity contribution in [3.05, 3.63) is 64.9 Å². The van der Waals surface area contributed by atoms with E-state index in [2.05, 4.69) is 11.1 Å². The first-order valence-electron chi connectivity index (χ1n) is 6.49. The minimum atomic E-state index is 0.488. The molecule has 21 heavy (non-hydrogen) atoms. The molecule has 0 atom stereocenters. The maximum atomic E-state index is 9.47. The molecule has 3 rings (SSSR count). The molecule has 0 aliphatic heterocycles. The lowest BCUT2D eigenvalue weighted by atomic mass is 10.1. The molecule has 4 heteroatoms. The van der Waals surface area contributed by atoms with Crippen molar-refractivity contribution in [3.8, 4) is 6.07 Å². The molecular formula is C17H12ClN3. The molecule has 1 aromatic heterocycles. The zero-order valence-corrected chi connectivity index (χ0v) is 12.2. The number of benzene rings is 2. The summed E-state index contributed by atoms with van der Waals surface area (Å²) in [7, 11) is 1.91. The Bertz CT molecular complexity index is 884. The molecule has 0 unspecified atom stereocenters. The van der Waals surface area contributed by atoms with E-state index in [0.29, 0.717) is 16.4 Å². The SMILES string of the molecule is Cn1c(C(C#N)=Cc2ccccc2Cl)nc2ccccc21. The van der Waals surface area contributed by atoms with Gasteiger partial charge in [-0.25, -0.2) is 4.98 Å². The largest absolute Gasteiger partial charge is 0.327 e. The molecule has 0 aliphatic carbocycles. The van der Waals surface area contributed by atoms with Crippen molar-refractivity contribution in [2.24, 2.45) is 7.05 Å². The molecule has 0 aliphatic rings. The van der Waals surface area contributed by atoms with E-state index in [9.17, 15) is 5.26 Å². The van der Waals surface area contributed by atoms with E-state index in [1.165, 1.54) is 0 Å². The number of aromatic nitrogens is 2. The van der Waals surface area contributed by atoms with Gasteiger partial charge in [-0.15, -0.1) is 0 Å². The number of rotatable bonds is 2. The van der Waals surface area contributed by atoms with Crippen LogP contribution in [0.1, 0.15) is 11.4 Å². The molecule has 0 fully saturated rings. The molecule has 0 radical (unpaired) electrons. The molecule has 3 nitrogen and oxygen atoms in total. The van der Waals surface area contributed by atoms with E-state index in [4.69, 9.17) is 11.6 Å². The van der Waals surface area contributed by atoms with E-state index in [1.54, 1.807) is 12.1 Å². The average molecular weight is 294 g/mol. The van der Waals surface area contributed by atoms with Crippen LogP contribution in [0.5, 0.6) is 0 Å². The van der Waals surface area contributed by atoms with Gasteiger partial charge in [0.05, 0.1) is 16.6 Å². The van der Waals surface area contributed by atoms with Crippen LogP contribution in [0.15, 0.2) is 48.5 Å². The molecule has 0 saturated carbocycles. The number of imidazole rings is 1. The highest BCUT2D eigenvalue weighted by molar-refractivity contribution is 6.32. The average Bonchev–Trinajstić information content (AvgIpc) is 2.84. The van der Waals surface area contributed by atoms with E-state index in [1.807, 2.05) is 54.1 Å². The monoisotopic (exact) mass is 293 g/mol. The molecule has 0 N–H and O–H groups in total. The van der Waals surface area contributed by atoms with Gasteiger partial charge < -0.3 is 4.57 Å². The van der Waals surface area contributed by atoms with Gasteiger partial charge in [-0.3, -0.25) is 0 Å². The minimum Gasteiger partial charge on any atom is -0.327 e. The topological polar surface area (TPSA) is 41.6 Å². The van der Waals surface area contributed by atoms with Gasteiger partial charge in [0.1, 0.15) is 6.07 Å². The van der Waals surface area contributed by atoms with Gasteiger partial charge >= 0.3 is 0 Å². The Kier molecular flexibility index (Phi) is 3.47. The van der Waals surface area contributed by atoms with Crippen LogP contribution < -0.4 is 0 Å². The van der Waals surface area contributed by atoms with Crippen LogP contribution >= 0.6 is 11.6 Å². The van der Waals surface area contributed by atoms with Crippen molar-refractivity contribution in [3.63, 3.8) is 0 Å². The first kappa shape index (κ1) is 13.4. The van der Waals surface area contributed by atoms with Gasteiger partial charge in [-0.1, -0.05) is 41.9 Å². The summed E-state index contributed by atoms with van der Waals surface area (Å²) in [4.78, 5) is 4.54. The Morgan fingerprint density at radius 3 is 2.62 bits per heavy atom. The van der Waals surface area contributed by atoms with Crippen molar-refractivity contribution in [1.29, 1.82) is 5.26 Å². The van der Waals surface area contributed by atoms with Crippen LogP contribution in [-0.4, -0.2) is 9.55 Å². The van der Waals surface area contributed by atoms with E-state index in [-0.39, 0.29) is 0 Å². The van der Waals surface area contributed by atoms with Crippen molar-refractivity contribution in [1.82, 2.24) is 9.55 Å². The van der Waals surface area contributed by atoms with Crippen molar-refractivity contribution < 1.29 is 0 Å². The lowest BCUT2D eigenvalue weighted by Gasteiger charge is -2.02. The van der Waals surface area contributed by atoms with Crippen molar-refractivity contribution in [2.45, 2.75) is 0 Å². The molecule has 0 amide bonds. The Morgan fingerprint density at radius 2 is 1.90 bits per heavy atom. The molecule has 1 heterocycles. The Morgan fingerprint density at radius 1 is 1.19 bits per heavy atom. The second kappa shape index (κ2) is 5.43. The van der Waals surface area contributed by atoms with E-state index in [0.717, 1.165) is 16.6 Å². The first-order chi connectivity index (χ1) is 10.2. The van der Waals surface area contributed by atoms with Gasteiger partial charge in [0, 0.05) is 12.1 Å². The van der Waals surface area contributed by atoms with Crippen molar-refractivity contribution >= 4 is 34.3 Å². The molecule has 0 saturated heterocycles. The normalized spacial score (nSPS) is 11.6. The highest BCUT2D eigenvalue weighted by Crippen LogP contribution is 2.24. The highest BCUT2D eigenvalue weighted by atomic mass is 35.5. The summed E-state index contributed by atoms with van der Waals surface area (Å²) in [5.41, 5.74) is 3.16. The third-order valence-corrected chi connectivity index (χ3v) is 3.70. The van der Waals surface area contributed by atoms with E-state index >= 15 is 0 Å². The Hall–Kier alpha value is -2.57. The lowest BCUT2D eigenvalue weighted by molar-refractivity contribution is 0.925. The third kappa shape index (κ3) is 2.42. The van der Waals surface area contributed by atoms with E-state index < -0.39 is 0 Å². The molecule has 2 aromatic carbocycles. The van der Waals surface area contributed by atoms with Crippen LogP contribution in [0.2, 0.25) is 5.02 Å². The lowest BCUT2D eigenvalue weighted by Crippen LogP contribution is -1.96. The number of nitrogens with zero attached hydrogens (tertiary/aromatic N) is 3. The molecular weight excluding hydrogens is 282 g/mol. The predicted octanol–water partition coefficient (Wildman–Crippen LogP) is 4.29. The maximum absolute atomic E-state index is 9.47. The Labute approximate surface area is 127 Å². The van der Waals surface area contributed by atoms with Crippen LogP contribution in [0.4, 0.5) is 0 Å². The van der Waals surface area contributed by atoms with Crippen LogP contribution in [0.25, 0.3) is 22.7 Å². The number of nitriles is 1. The summed E-state index contributed by atoms with van der Waals surface area (Å²) >= 11 is 6.15. The third-order valence-electron chi connectivity index (χ3n) is 3.35. The standard InChI is InChI=1S/C17H12ClN3/c1-21-16-9-5-4-8-15(16)20-17(21)13(11-19)10-12-6-2-3-7-14(12)18/h2-10H,1H3. The number of allylic oxidation sites excluding steroid dienone is 1. The number of para-hydroxylation sites is 2. The minimum absolute atomic E-state index is 0.488. The van der Waals surface area contributed by atoms with Crippen LogP contribution in [0, 0.1) is 11.3 Å². The number of fused-ring (bicyclic) bond motifs is 1. The molecule has 0 bridgehead atoms. The molecule has 3 aromatic rings. The quantitative estimate of drug-likeness (QED) is 0.661. The van der Waals surface area contributed by atoms with Gasteiger partial charge in [-0.05, 0) is 29.8 Å². The summed E-state index contributed by atoms with van der Waals surface area (Å²) in [6, 6.07) is 17.5. The molecule has 102 valence electrons. The van der Waals surface area contributed by atoms with Gasteiger partial charge in [-0.2, -0.15) is 5.26 Å². The fourth-order valence-corrected chi connectivity index (χ4v) is 2.47. The van der Waals surface area contributed by atoms with Gasteiger partial charge in [0.2, 0.25) is 0 Å². The van der Waals surface area contributed by atoms with Crippen molar-refractivity contribution in [2.75, 3.05) is 0 Å². The second-order valence-corrected chi connectivity index (χ2v) is 5.08. The zero-order valence-electron chi connectivity index (χ0n) is 11.4. The highest BCUT2D eigenvalue weighted by Gasteiger charge is 2.12. The number of hydrogen-bond acceptors (Lipinski definition) is 2. The number of aryl methyl sites for hydroxylation is 1. The fraction of sp³-hybridized carbons (Fsp3) is 0.0588. The second-order valence-electron chi connectivity index (χ2n) is 4.67. The summed E-state index contributed by atoms with van der Waals surface area (Å²) < 4.78 is 1.92. The fourth-order valence-electron chi connectivity index (χ4n) is 2.28. The predicted molar refractivity (Wildman–Crippen MR) is 85.7 cm³/mol. The number of halogens is 1. The van der Waals surface area contributed by atoms with Gasteiger partial charge in [0.25, 0.3) is 0 Å². The summed E-state index contributed by atoms with van der Waals surface area (Å²) in [6.45, 7) is 0.